The molecule has 7 nitrogen and oxygen atoms in total. The van der Waals surface area contributed by atoms with Crippen LogP contribution in [0.2, 0.25) is 10.2 Å². The summed E-state index contributed by atoms with van der Waals surface area (Å²) in [5.41, 5.74) is 1.13. The van der Waals surface area contributed by atoms with Gasteiger partial charge in [0.2, 0.25) is 0 Å². The van der Waals surface area contributed by atoms with Crippen LogP contribution >= 0.6 is 23.2 Å². The predicted octanol–water partition coefficient (Wildman–Crippen LogP) is 3.99. The summed E-state index contributed by atoms with van der Waals surface area (Å²) in [6, 6.07) is 5.94. The second kappa shape index (κ2) is 7.76. The van der Waals surface area contributed by atoms with Gasteiger partial charge < -0.3 is 15.2 Å². The third kappa shape index (κ3) is 4.43. The fourth-order valence-corrected chi connectivity index (χ4v) is 2.68. The first-order valence-electron chi connectivity index (χ1n) is 7.53. The van der Waals surface area contributed by atoms with Gasteiger partial charge in [0.15, 0.2) is 0 Å². The number of amides is 1. The second-order valence-electron chi connectivity index (χ2n) is 5.80. The fourth-order valence-electron chi connectivity index (χ4n) is 2.26. The molecular weight excluding hydrogens is 367 g/mol. The van der Waals surface area contributed by atoms with Crippen LogP contribution in [-0.4, -0.2) is 21.4 Å². The van der Waals surface area contributed by atoms with Crippen molar-refractivity contribution in [3.8, 4) is 0 Å². The largest absolute Gasteiger partial charge is 0.374 e. The maximum atomic E-state index is 12.0. The molecule has 0 bridgehead atoms. The van der Waals surface area contributed by atoms with Gasteiger partial charge in [0.25, 0.3) is 11.6 Å². The smallest absolute Gasteiger partial charge is 0.293 e. The molecule has 1 amide bonds. The Labute approximate surface area is 155 Å². The van der Waals surface area contributed by atoms with Gasteiger partial charge in [-0.25, -0.2) is 0 Å². The molecule has 0 aliphatic carbocycles. The molecule has 0 spiro atoms. The minimum atomic E-state index is -0.528. The quantitative estimate of drug-likeness (QED) is 0.581. The number of nitro benzene ring substituents is 1. The van der Waals surface area contributed by atoms with E-state index in [-0.39, 0.29) is 23.2 Å². The summed E-state index contributed by atoms with van der Waals surface area (Å²) >= 11 is 12.0. The van der Waals surface area contributed by atoms with E-state index in [1.165, 1.54) is 18.2 Å². The molecule has 1 aromatic carbocycles. The number of nitrogens with one attached hydrogen (secondary N) is 2. The van der Waals surface area contributed by atoms with Crippen molar-refractivity contribution in [2.75, 3.05) is 5.32 Å². The zero-order chi connectivity index (χ0) is 18.7. The van der Waals surface area contributed by atoms with E-state index < -0.39 is 4.92 Å². The van der Waals surface area contributed by atoms with Crippen molar-refractivity contribution in [3.05, 3.63) is 55.8 Å². The summed E-state index contributed by atoms with van der Waals surface area (Å²) in [5.74, 6) is -0.356. The lowest BCUT2D eigenvalue weighted by Crippen LogP contribution is -2.30. The number of halogens is 2. The molecule has 25 heavy (non-hydrogen) atoms. The third-order valence-electron chi connectivity index (χ3n) is 3.55. The number of carbonyl (C=O) groups excluding carboxylic acids is 1. The highest BCUT2D eigenvalue weighted by Gasteiger charge is 2.18. The monoisotopic (exact) mass is 384 g/mol. The standard InChI is InChI=1S/C16H18Cl2N4O3/c1-9(2)20-16(23)10-4-5-13(14(6-10)22(24)25)19-8-11-7-12(17)15(18)21(11)3/h4-7,9,19H,8H2,1-3H3,(H,20,23). The number of nitro groups is 1. The molecule has 0 aliphatic heterocycles. The van der Waals surface area contributed by atoms with Crippen molar-refractivity contribution in [3.63, 3.8) is 0 Å². The van der Waals surface area contributed by atoms with E-state index in [1.807, 2.05) is 13.8 Å². The Morgan fingerprint density at radius 1 is 1.32 bits per heavy atom. The van der Waals surface area contributed by atoms with Gasteiger partial charge in [-0.1, -0.05) is 23.2 Å². The van der Waals surface area contributed by atoms with Crippen LogP contribution in [-0.2, 0) is 13.6 Å². The molecule has 0 radical (unpaired) electrons. The summed E-state index contributed by atoms with van der Waals surface area (Å²) in [5, 5.41) is 17.8. The van der Waals surface area contributed by atoms with Crippen LogP contribution in [0.5, 0.6) is 0 Å². The highest BCUT2D eigenvalue weighted by atomic mass is 35.5. The van der Waals surface area contributed by atoms with Crippen LogP contribution in [0.1, 0.15) is 29.9 Å². The van der Waals surface area contributed by atoms with E-state index in [2.05, 4.69) is 10.6 Å². The lowest BCUT2D eigenvalue weighted by molar-refractivity contribution is -0.384. The van der Waals surface area contributed by atoms with Crippen molar-refractivity contribution < 1.29 is 9.72 Å². The van der Waals surface area contributed by atoms with Crippen molar-refractivity contribution in [1.29, 1.82) is 0 Å². The summed E-state index contributed by atoms with van der Waals surface area (Å²) in [4.78, 5) is 22.8. The zero-order valence-electron chi connectivity index (χ0n) is 14.0. The molecule has 2 N–H and O–H groups in total. The lowest BCUT2D eigenvalue weighted by Gasteiger charge is -2.11. The van der Waals surface area contributed by atoms with Gasteiger partial charge in [-0.2, -0.15) is 0 Å². The van der Waals surface area contributed by atoms with E-state index in [9.17, 15) is 14.9 Å². The molecular formula is C16H18Cl2N4O3. The van der Waals surface area contributed by atoms with E-state index in [0.717, 1.165) is 5.69 Å². The summed E-state index contributed by atoms with van der Waals surface area (Å²) < 4.78 is 1.69. The Kier molecular flexibility index (Phi) is 5.92. The van der Waals surface area contributed by atoms with Gasteiger partial charge in [0.1, 0.15) is 10.8 Å². The first kappa shape index (κ1) is 19.1. The van der Waals surface area contributed by atoms with Gasteiger partial charge in [0, 0.05) is 30.4 Å². The molecule has 1 aromatic heterocycles. The summed E-state index contributed by atoms with van der Waals surface area (Å²) in [6.07, 6.45) is 0. The number of hydrogen-bond donors (Lipinski definition) is 2. The van der Waals surface area contributed by atoms with E-state index in [0.29, 0.717) is 22.4 Å². The molecule has 0 saturated carbocycles. The van der Waals surface area contributed by atoms with Crippen molar-refractivity contribution in [1.82, 2.24) is 9.88 Å². The molecule has 0 atom stereocenters. The Hall–Kier alpha value is -2.25. The Bertz CT molecular complexity index is 818. The Morgan fingerprint density at radius 3 is 2.52 bits per heavy atom. The zero-order valence-corrected chi connectivity index (χ0v) is 15.5. The van der Waals surface area contributed by atoms with Gasteiger partial charge in [0.05, 0.1) is 16.5 Å². The maximum Gasteiger partial charge on any atom is 0.293 e. The van der Waals surface area contributed by atoms with Crippen LogP contribution in [0, 0.1) is 10.1 Å². The highest BCUT2D eigenvalue weighted by molar-refractivity contribution is 6.41. The average Bonchev–Trinajstić information content (AvgIpc) is 2.79. The van der Waals surface area contributed by atoms with Crippen LogP contribution in [0.3, 0.4) is 0 Å². The minimum absolute atomic E-state index is 0.0591. The number of carbonyl (C=O) groups is 1. The van der Waals surface area contributed by atoms with Crippen LogP contribution in [0.25, 0.3) is 0 Å². The summed E-state index contributed by atoms with van der Waals surface area (Å²) in [7, 11) is 1.75. The molecule has 0 saturated heterocycles. The number of nitrogens with zero attached hydrogens (tertiary/aromatic N) is 2. The third-order valence-corrected chi connectivity index (χ3v) is 4.39. The predicted molar refractivity (Wildman–Crippen MR) is 98.5 cm³/mol. The van der Waals surface area contributed by atoms with Crippen molar-refractivity contribution >= 4 is 40.5 Å². The lowest BCUT2D eigenvalue weighted by atomic mass is 10.1. The molecule has 1 heterocycles. The molecule has 2 rings (SSSR count). The molecule has 2 aromatic rings. The van der Waals surface area contributed by atoms with Gasteiger partial charge in [-0.3, -0.25) is 14.9 Å². The van der Waals surface area contributed by atoms with Gasteiger partial charge in [-0.05, 0) is 32.0 Å². The topological polar surface area (TPSA) is 89.2 Å². The summed E-state index contributed by atoms with van der Waals surface area (Å²) in [6.45, 7) is 3.93. The van der Waals surface area contributed by atoms with Crippen LogP contribution in [0.4, 0.5) is 11.4 Å². The van der Waals surface area contributed by atoms with Gasteiger partial charge >= 0.3 is 0 Å². The Balaban J connectivity index is 2.24. The SMILES string of the molecule is CC(C)NC(=O)c1ccc(NCc2cc(Cl)c(Cl)n2C)c([N+](=O)[O-])c1. The maximum absolute atomic E-state index is 12.0. The van der Waals surface area contributed by atoms with Crippen LogP contribution in [0.15, 0.2) is 24.3 Å². The minimum Gasteiger partial charge on any atom is -0.374 e. The van der Waals surface area contributed by atoms with Crippen molar-refractivity contribution in [2.45, 2.75) is 26.4 Å². The van der Waals surface area contributed by atoms with Crippen molar-refractivity contribution in [2.24, 2.45) is 7.05 Å². The number of hydrogen-bond acceptors (Lipinski definition) is 4. The first-order chi connectivity index (χ1) is 11.7. The molecule has 9 heteroatoms. The molecule has 134 valence electrons. The van der Waals surface area contributed by atoms with Gasteiger partial charge in [-0.15, -0.1) is 0 Å². The average molecular weight is 385 g/mol. The Morgan fingerprint density at radius 2 is 2.00 bits per heavy atom. The fraction of sp³-hybridized carbons (Fsp3) is 0.312. The number of benzene rings is 1. The van der Waals surface area contributed by atoms with Crippen LogP contribution < -0.4 is 10.6 Å². The number of aromatic nitrogens is 1. The molecule has 0 fully saturated rings. The van der Waals surface area contributed by atoms with E-state index in [4.69, 9.17) is 23.2 Å². The highest BCUT2D eigenvalue weighted by Crippen LogP contribution is 2.28. The van der Waals surface area contributed by atoms with E-state index in [1.54, 1.807) is 17.7 Å². The number of anilines is 1. The first-order valence-corrected chi connectivity index (χ1v) is 8.29. The van der Waals surface area contributed by atoms with E-state index >= 15 is 0 Å². The molecule has 0 aliphatic rings. The normalized spacial score (nSPS) is 10.8. The molecule has 0 unspecified atom stereocenters. The second-order valence-corrected chi connectivity index (χ2v) is 6.57. The number of rotatable bonds is 6.